The van der Waals surface area contributed by atoms with Crippen LogP contribution in [0.5, 0.6) is 0 Å². The van der Waals surface area contributed by atoms with Crippen molar-refractivity contribution in [1.82, 2.24) is 10.6 Å². The highest BCUT2D eigenvalue weighted by atomic mass is 16.3. The molecule has 2 unspecified atom stereocenters. The van der Waals surface area contributed by atoms with Crippen LogP contribution in [0.3, 0.4) is 0 Å². The lowest BCUT2D eigenvalue weighted by Crippen LogP contribution is -2.47. The molecule has 5 N–H and O–H groups in total. The summed E-state index contributed by atoms with van der Waals surface area (Å²) in [6.07, 6.45) is 2.14. The minimum absolute atomic E-state index is 0.151. The Bertz CT molecular complexity index is 625. The second-order valence-electron chi connectivity index (χ2n) is 6.65. The zero-order valence-corrected chi connectivity index (χ0v) is 14.1. The Balaban J connectivity index is 1.82. The molecule has 0 radical (unpaired) electrons. The summed E-state index contributed by atoms with van der Waals surface area (Å²) in [5, 5.41) is 27.7. The van der Waals surface area contributed by atoms with Gasteiger partial charge < -0.3 is 26.5 Å². The van der Waals surface area contributed by atoms with E-state index in [0.717, 1.165) is 37.2 Å². The van der Waals surface area contributed by atoms with Crippen molar-refractivity contribution in [3.8, 4) is 0 Å². The van der Waals surface area contributed by atoms with Crippen molar-refractivity contribution in [2.75, 3.05) is 25.5 Å². The van der Waals surface area contributed by atoms with E-state index in [-0.39, 0.29) is 11.8 Å². The molecular formula is C18H26N4O2. The molecule has 6 nitrogen and oxygen atoms in total. The summed E-state index contributed by atoms with van der Waals surface area (Å²) >= 11 is 0. The molecule has 0 aromatic heterocycles. The van der Waals surface area contributed by atoms with Gasteiger partial charge in [-0.25, -0.2) is 0 Å². The Hall–Kier alpha value is -1.92. The fraction of sp³-hybridized carbons (Fsp3) is 0.556. The second-order valence-corrected chi connectivity index (χ2v) is 6.65. The van der Waals surface area contributed by atoms with Crippen LogP contribution in [0.4, 0.5) is 5.69 Å². The Morgan fingerprint density at radius 1 is 1.29 bits per heavy atom. The maximum atomic E-state index is 11.4. The molecule has 0 bridgehead atoms. The lowest BCUT2D eigenvalue weighted by Gasteiger charge is -2.30. The Morgan fingerprint density at radius 3 is 2.71 bits per heavy atom. The smallest absolute Gasteiger partial charge is 0.222 e. The Kier molecular flexibility index (Phi) is 5.16. The number of nitrogens with one attached hydrogen (secondary N) is 4. The maximum Gasteiger partial charge on any atom is 0.222 e. The van der Waals surface area contributed by atoms with Crippen molar-refractivity contribution in [2.45, 2.75) is 37.8 Å². The van der Waals surface area contributed by atoms with Crippen molar-refractivity contribution >= 4 is 17.3 Å². The van der Waals surface area contributed by atoms with Gasteiger partial charge in [-0.05, 0) is 49.9 Å². The van der Waals surface area contributed by atoms with Crippen LogP contribution in [0.25, 0.3) is 0 Å². The topological polar surface area (TPSA) is 97.2 Å². The van der Waals surface area contributed by atoms with Gasteiger partial charge in [0.2, 0.25) is 5.91 Å². The lowest BCUT2D eigenvalue weighted by molar-refractivity contribution is -0.127. The second kappa shape index (κ2) is 7.32. The summed E-state index contributed by atoms with van der Waals surface area (Å²) in [5.74, 6) is 0.0438. The molecule has 1 aromatic carbocycles. The summed E-state index contributed by atoms with van der Waals surface area (Å²) in [6, 6.07) is 6.22. The molecule has 2 fully saturated rings. The largest absolute Gasteiger partial charge is 0.388 e. The molecule has 1 amide bonds. The summed E-state index contributed by atoms with van der Waals surface area (Å²) < 4.78 is 0. The number of rotatable bonds is 4. The van der Waals surface area contributed by atoms with Crippen LogP contribution in [0.15, 0.2) is 18.2 Å². The van der Waals surface area contributed by atoms with Crippen LogP contribution in [0, 0.1) is 11.3 Å². The van der Waals surface area contributed by atoms with E-state index in [1.54, 1.807) is 0 Å². The predicted octanol–water partition coefficient (Wildman–Crippen LogP) is 1.41. The summed E-state index contributed by atoms with van der Waals surface area (Å²) in [5.41, 5.74) is 3.40. The van der Waals surface area contributed by atoms with E-state index in [1.165, 1.54) is 5.56 Å². The van der Waals surface area contributed by atoms with Gasteiger partial charge in [0.05, 0.1) is 0 Å². The molecule has 24 heavy (non-hydrogen) atoms. The van der Waals surface area contributed by atoms with Gasteiger partial charge in [0, 0.05) is 36.3 Å². The fourth-order valence-corrected chi connectivity index (χ4v) is 3.70. The third-order valence-corrected chi connectivity index (χ3v) is 5.16. The molecule has 2 saturated heterocycles. The van der Waals surface area contributed by atoms with Crippen molar-refractivity contribution < 1.29 is 9.90 Å². The summed E-state index contributed by atoms with van der Waals surface area (Å²) in [4.78, 5) is 11.4. The number of amides is 1. The summed E-state index contributed by atoms with van der Waals surface area (Å²) in [6.45, 7) is 2.09. The maximum absolute atomic E-state index is 11.4. The molecule has 1 aromatic rings. The van der Waals surface area contributed by atoms with Crippen LogP contribution in [0.1, 0.15) is 42.7 Å². The summed E-state index contributed by atoms with van der Waals surface area (Å²) in [7, 11) is 1.86. The van der Waals surface area contributed by atoms with Gasteiger partial charge in [0.15, 0.2) is 0 Å². The molecular weight excluding hydrogens is 304 g/mol. The quantitative estimate of drug-likeness (QED) is 0.539. The number of carbonyl (C=O) groups is 1. The van der Waals surface area contributed by atoms with Crippen LogP contribution in [-0.2, 0) is 4.79 Å². The third kappa shape index (κ3) is 3.44. The first kappa shape index (κ1) is 16.9. The lowest BCUT2D eigenvalue weighted by atomic mass is 9.85. The molecule has 0 saturated carbocycles. The molecule has 0 aliphatic carbocycles. The van der Waals surface area contributed by atoms with Gasteiger partial charge >= 0.3 is 0 Å². The standard InChI is InChI=1S/C18H26N4O2/c1-20-15-10-12(11-6-8-21-9-7-11)2-3-13(15)17(19)14-4-5-16(23)22-18(14)24/h2-3,10-11,14,18-21,24H,4-9H2,1H3,(H,22,23). The number of carbonyl (C=O) groups excluding carboxylic acids is 1. The Labute approximate surface area is 142 Å². The van der Waals surface area contributed by atoms with E-state index >= 15 is 0 Å². The van der Waals surface area contributed by atoms with Gasteiger partial charge in [-0.1, -0.05) is 12.1 Å². The molecule has 2 atom stereocenters. The van der Waals surface area contributed by atoms with Gasteiger partial charge in [-0.15, -0.1) is 0 Å². The number of benzene rings is 1. The van der Waals surface area contributed by atoms with Crippen molar-refractivity contribution in [3.63, 3.8) is 0 Å². The fourth-order valence-electron chi connectivity index (χ4n) is 3.70. The van der Waals surface area contributed by atoms with Gasteiger partial charge in [0.25, 0.3) is 0 Å². The molecule has 2 aliphatic heterocycles. The van der Waals surface area contributed by atoms with Crippen molar-refractivity contribution in [1.29, 1.82) is 5.41 Å². The molecule has 3 rings (SSSR count). The highest BCUT2D eigenvalue weighted by Gasteiger charge is 2.31. The first-order valence-corrected chi connectivity index (χ1v) is 8.69. The average molecular weight is 330 g/mol. The van der Waals surface area contributed by atoms with E-state index in [4.69, 9.17) is 5.41 Å². The zero-order chi connectivity index (χ0) is 17.1. The number of aliphatic hydroxyl groups is 1. The zero-order valence-electron chi connectivity index (χ0n) is 14.1. The highest BCUT2D eigenvalue weighted by Crippen LogP contribution is 2.31. The number of hydrogen-bond acceptors (Lipinski definition) is 5. The minimum atomic E-state index is -0.979. The van der Waals surface area contributed by atoms with Gasteiger partial charge in [0.1, 0.15) is 6.23 Å². The molecule has 130 valence electrons. The van der Waals surface area contributed by atoms with Gasteiger partial charge in [-0.2, -0.15) is 0 Å². The molecule has 0 spiro atoms. The minimum Gasteiger partial charge on any atom is -0.388 e. The highest BCUT2D eigenvalue weighted by molar-refractivity contribution is 6.05. The van der Waals surface area contributed by atoms with Crippen molar-refractivity contribution in [3.05, 3.63) is 29.3 Å². The predicted molar refractivity (Wildman–Crippen MR) is 94.5 cm³/mol. The van der Waals surface area contributed by atoms with Crippen LogP contribution in [-0.4, -0.2) is 43.1 Å². The molecule has 2 heterocycles. The number of anilines is 1. The van der Waals surface area contributed by atoms with E-state index in [1.807, 2.05) is 13.1 Å². The molecule has 6 heteroatoms. The first-order valence-electron chi connectivity index (χ1n) is 8.69. The SMILES string of the molecule is CNc1cc(C2CCNCC2)ccc1C(=N)C1CCC(=O)NC1O. The first-order chi connectivity index (χ1) is 11.6. The van der Waals surface area contributed by atoms with E-state index in [2.05, 4.69) is 28.1 Å². The van der Waals surface area contributed by atoms with Crippen molar-refractivity contribution in [2.24, 2.45) is 5.92 Å². The normalized spacial score (nSPS) is 25.2. The van der Waals surface area contributed by atoms with E-state index in [9.17, 15) is 9.90 Å². The van der Waals surface area contributed by atoms with E-state index < -0.39 is 6.23 Å². The monoisotopic (exact) mass is 330 g/mol. The number of hydrogen-bond donors (Lipinski definition) is 5. The number of piperidine rings is 2. The van der Waals surface area contributed by atoms with Crippen LogP contribution < -0.4 is 16.0 Å². The number of aliphatic hydroxyl groups excluding tert-OH is 1. The average Bonchev–Trinajstić information content (AvgIpc) is 2.61. The van der Waals surface area contributed by atoms with E-state index in [0.29, 0.717) is 24.5 Å². The molecule has 2 aliphatic rings. The van der Waals surface area contributed by atoms with Gasteiger partial charge in [-0.3, -0.25) is 4.79 Å². The third-order valence-electron chi connectivity index (χ3n) is 5.16. The Morgan fingerprint density at radius 2 is 2.04 bits per heavy atom. The van der Waals surface area contributed by atoms with Crippen LogP contribution >= 0.6 is 0 Å². The van der Waals surface area contributed by atoms with Crippen LogP contribution in [0.2, 0.25) is 0 Å².